The normalized spacial score (nSPS) is 12.7. The molecule has 0 aliphatic carbocycles. The van der Waals surface area contributed by atoms with Crippen molar-refractivity contribution in [2.45, 2.75) is 341 Å². The molecule has 67 heavy (non-hydrogen) atoms. The maximum absolute atomic E-state index is 12.5. The standard InChI is InChI=1S/C61H117NO5/c1-3-5-7-9-11-13-15-17-18-26-30-33-37-41-45-49-53-59(64)58(57-63)62-60(65)54-50-46-42-38-34-31-27-24-22-20-19-21-23-25-28-32-36-40-44-48-52-56-67-61(66)55-51-47-43-39-35-29-16-14-12-10-8-6-4-2/h8,10,14,16,58-59,63-64H,3-7,9,11-13,15,17-57H2,1-2H3,(H,62,65)/b10-8-,16-14-. The third-order valence-corrected chi connectivity index (χ3v) is 14.0. The molecule has 0 aliphatic rings. The third-order valence-electron chi connectivity index (χ3n) is 14.0. The van der Waals surface area contributed by atoms with E-state index >= 15 is 0 Å². The summed E-state index contributed by atoms with van der Waals surface area (Å²) in [5.74, 6) is -0.0371. The molecule has 0 aromatic rings. The van der Waals surface area contributed by atoms with Crippen molar-refractivity contribution >= 4 is 11.9 Å². The number of carbonyl (C=O) groups excluding carboxylic acids is 2. The lowest BCUT2D eigenvalue weighted by Gasteiger charge is -2.22. The van der Waals surface area contributed by atoms with E-state index in [0.717, 1.165) is 51.4 Å². The van der Waals surface area contributed by atoms with Gasteiger partial charge in [-0.05, 0) is 51.4 Å². The second kappa shape index (κ2) is 56.9. The van der Waals surface area contributed by atoms with Crippen molar-refractivity contribution in [2.24, 2.45) is 0 Å². The Hall–Kier alpha value is -1.66. The van der Waals surface area contributed by atoms with Crippen LogP contribution in [0.4, 0.5) is 0 Å². The summed E-state index contributed by atoms with van der Waals surface area (Å²) >= 11 is 0. The van der Waals surface area contributed by atoms with Crippen LogP contribution in [0.15, 0.2) is 24.3 Å². The molecule has 6 nitrogen and oxygen atoms in total. The average Bonchev–Trinajstić information content (AvgIpc) is 3.33. The van der Waals surface area contributed by atoms with Crippen LogP contribution in [0.2, 0.25) is 0 Å². The number of esters is 1. The zero-order valence-electron chi connectivity index (χ0n) is 45.1. The maximum atomic E-state index is 12.5. The first kappa shape index (κ1) is 65.3. The predicted molar refractivity (Wildman–Crippen MR) is 292 cm³/mol. The lowest BCUT2D eigenvalue weighted by atomic mass is 10.0. The zero-order chi connectivity index (χ0) is 48.6. The fourth-order valence-electron chi connectivity index (χ4n) is 9.39. The molecule has 3 N–H and O–H groups in total. The van der Waals surface area contributed by atoms with Gasteiger partial charge in [-0.1, -0.05) is 289 Å². The van der Waals surface area contributed by atoms with E-state index in [2.05, 4.69) is 43.5 Å². The van der Waals surface area contributed by atoms with Gasteiger partial charge in [-0.25, -0.2) is 0 Å². The Morgan fingerprint density at radius 1 is 0.418 bits per heavy atom. The minimum atomic E-state index is -0.665. The molecule has 6 heteroatoms. The molecule has 0 saturated carbocycles. The predicted octanol–water partition coefficient (Wildman–Crippen LogP) is 18.6. The number of aliphatic hydroxyl groups is 2. The lowest BCUT2D eigenvalue weighted by Crippen LogP contribution is -2.45. The molecule has 0 rings (SSSR count). The number of rotatable bonds is 56. The van der Waals surface area contributed by atoms with E-state index in [1.807, 2.05) is 0 Å². The van der Waals surface area contributed by atoms with Crippen LogP contribution in [-0.4, -0.2) is 47.4 Å². The topological polar surface area (TPSA) is 95.9 Å². The van der Waals surface area contributed by atoms with Gasteiger partial charge in [0.2, 0.25) is 5.91 Å². The Morgan fingerprint density at radius 3 is 1.19 bits per heavy atom. The highest BCUT2D eigenvalue weighted by atomic mass is 16.5. The average molecular weight is 945 g/mol. The number of carbonyl (C=O) groups is 2. The number of amides is 1. The summed E-state index contributed by atoms with van der Waals surface area (Å²) in [6, 6.07) is -0.542. The van der Waals surface area contributed by atoms with Gasteiger partial charge < -0.3 is 20.3 Å². The first-order valence-corrected chi connectivity index (χ1v) is 30.1. The molecule has 0 aromatic carbocycles. The molecule has 0 aromatic heterocycles. The molecule has 0 heterocycles. The Kier molecular flexibility index (Phi) is 55.5. The van der Waals surface area contributed by atoms with E-state index in [-0.39, 0.29) is 18.5 Å². The van der Waals surface area contributed by atoms with Crippen molar-refractivity contribution in [1.29, 1.82) is 0 Å². The molecule has 0 saturated heterocycles. The minimum Gasteiger partial charge on any atom is -0.466 e. The van der Waals surface area contributed by atoms with E-state index in [1.54, 1.807) is 0 Å². The summed E-state index contributed by atoms with van der Waals surface area (Å²) in [5, 5.41) is 23.3. The summed E-state index contributed by atoms with van der Waals surface area (Å²) in [6.45, 7) is 4.90. The highest BCUT2D eigenvalue weighted by molar-refractivity contribution is 5.76. The van der Waals surface area contributed by atoms with Crippen LogP contribution in [0.1, 0.15) is 328 Å². The Labute approximate surface area is 418 Å². The summed E-state index contributed by atoms with van der Waals surface area (Å²) < 4.78 is 5.47. The van der Waals surface area contributed by atoms with Crippen molar-refractivity contribution in [3.63, 3.8) is 0 Å². The number of hydrogen-bond acceptors (Lipinski definition) is 5. The zero-order valence-corrected chi connectivity index (χ0v) is 45.1. The van der Waals surface area contributed by atoms with Crippen molar-refractivity contribution in [3.8, 4) is 0 Å². The molecule has 396 valence electrons. The van der Waals surface area contributed by atoms with Gasteiger partial charge in [0, 0.05) is 12.8 Å². The van der Waals surface area contributed by atoms with Gasteiger partial charge in [-0.2, -0.15) is 0 Å². The van der Waals surface area contributed by atoms with Gasteiger partial charge in [0.15, 0.2) is 0 Å². The van der Waals surface area contributed by atoms with Gasteiger partial charge in [0.1, 0.15) is 0 Å². The van der Waals surface area contributed by atoms with E-state index in [4.69, 9.17) is 4.74 Å². The molecule has 0 radical (unpaired) electrons. The number of aliphatic hydroxyl groups excluding tert-OH is 2. The van der Waals surface area contributed by atoms with Crippen LogP contribution in [-0.2, 0) is 14.3 Å². The van der Waals surface area contributed by atoms with Crippen LogP contribution in [0.5, 0.6) is 0 Å². The Bertz CT molecular complexity index is 1040. The molecule has 2 atom stereocenters. The summed E-state index contributed by atoms with van der Waals surface area (Å²) in [4.78, 5) is 24.5. The van der Waals surface area contributed by atoms with E-state index in [0.29, 0.717) is 25.9 Å². The van der Waals surface area contributed by atoms with Crippen LogP contribution >= 0.6 is 0 Å². The summed E-state index contributed by atoms with van der Waals surface area (Å²) in [5.41, 5.74) is 0. The van der Waals surface area contributed by atoms with Gasteiger partial charge >= 0.3 is 5.97 Å². The van der Waals surface area contributed by atoms with Gasteiger partial charge in [-0.3, -0.25) is 9.59 Å². The minimum absolute atomic E-state index is 0.00303. The molecular weight excluding hydrogens is 827 g/mol. The van der Waals surface area contributed by atoms with Crippen molar-refractivity contribution in [3.05, 3.63) is 24.3 Å². The number of nitrogens with one attached hydrogen (secondary N) is 1. The number of allylic oxidation sites excluding steroid dienone is 4. The summed E-state index contributed by atoms with van der Waals surface area (Å²) in [7, 11) is 0. The third kappa shape index (κ3) is 53.5. The number of unbranched alkanes of at least 4 members (excludes halogenated alkanes) is 41. The Morgan fingerprint density at radius 2 is 0.776 bits per heavy atom. The van der Waals surface area contributed by atoms with Crippen molar-refractivity contribution in [2.75, 3.05) is 13.2 Å². The van der Waals surface area contributed by atoms with Crippen LogP contribution in [0, 0.1) is 0 Å². The van der Waals surface area contributed by atoms with Gasteiger partial charge in [-0.15, -0.1) is 0 Å². The molecule has 1 amide bonds. The van der Waals surface area contributed by atoms with Crippen molar-refractivity contribution in [1.82, 2.24) is 5.32 Å². The van der Waals surface area contributed by atoms with Crippen molar-refractivity contribution < 1.29 is 24.5 Å². The fourth-order valence-corrected chi connectivity index (χ4v) is 9.39. The molecule has 0 aliphatic heterocycles. The smallest absolute Gasteiger partial charge is 0.305 e. The quantitative estimate of drug-likeness (QED) is 0.0321. The first-order chi connectivity index (χ1) is 33.0. The monoisotopic (exact) mass is 944 g/mol. The number of hydrogen-bond donors (Lipinski definition) is 3. The molecule has 0 bridgehead atoms. The van der Waals surface area contributed by atoms with E-state index < -0.39 is 12.1 Å². The highest BCUT2D eigenvalue weighted by Gasteiger charge is 2.20. The summed E-state index contributed by atoms with van der Waals surface area (Å²) in [6.07, 6.45) is 68.9. The maximum Gasteiger partial charge on any atom is 0.305 e. The van der Waals surface area contributed by atoms with Crippen LogP contribution in [0.25, 0.3) is 0 Å². The molecular formula is C61H117NO5. The van der Waals surface area contributed by atoms with Crippen LogP contribution < -0.4 is 5.32 Å². The number of ether oxygens (including phenoxy) is 1. The first-order valence-electron chi connectivity index (χ1n) is 30.1. The van der Waals surface area contributed by atoms with E-state index in [1.165, 1.54) is 244 Å². The highest BCUT2D eigenvalue weighted by Crippen LogP contribution is 2.18. The van der Waals surface area contributed by atoms with Gasteiger partial charge in [0.25, 0.3) is 0 Å². The molecule has 0 fully saturated rings. The largest absolute Gasteiger partial charge is 0.466 e. The van der Waals surface area contributed by atoms with E-state index in [9.17, 15) is 19.8 Å². The lowest BCUT2D eigenvalue weighted by molar-refractivity contribution is -0.143. The SMILES string of the molecule is CCC/C=C\C/C=C\CCCCCCCC(=O)OCCCCCCCCCCCCCCCCCCCCCCCC(=O)NC(CO)C(O)CCCCCCCCCCCCCCCCCC. The van der Waals surface area contributed by atoms with Gasteiger partial charge in [0.05, 0.1) is 25.4 Å². The Balaban J connectivity index is 3.39. The van der Waals surface area contributed by atoms with Crippen LogP contribution in [0.3, 0.4) is 0 Å². The second-order valence-electron chi connectivity index (χ2n) is 20.7. The fraction of sp³-hybridized carbons (Fsp3) is 0.902. The molecule has 2 unspecified atom stereocenters. The second-order valence-corrected chi connectivity index (χ2v) is 20.7. The molecule has 0 spiro atoms.